The van der Waals surface area contributed by atoms with Gasteiger partial charge in [-0.1, -0.05) is 6.07 Å². The van der Waals surface area contributed by atoms with Crippen LogP contribution in [0.2, 0.25) is 0 Å². The minimum atomic E-state index is 0. The molecule has 0 spiro atoms. The number of hydrogen-bond acceptors (Lipinski definition) is 3. The Bertz CT molecular complexity index is 499. The van der Waals surface area contributed by atoms with Gasteiger partial charge < -0.3 is 15.4 Å². The van der Waals surface area contributed by atoms with Gasteiger partial charge in [0.2, 0.25) is 5.91 Å². The number of ether oxygens (including phenoxy) is 1. The van der Waals surface area contributed by atoms with Gasteiger partial charge in [0.1, 0.15) is 5.75 Å². The van der Waals surface area contributed by atoms with Crippen molar-refractivity contribution in [1.82, 2.24) is 10.6 Å². The van der Waals surface area contributed by atoms with Gasteiger partial charge in [0.25, 0.3) is 0 Å². The quantitative estimate of drug-likeness (QED) is 0.810. The van der Waals surface area contributed by atoms with E-state index in [9.17, 15) is 4.79 Å². The summed E-state index contributed by atoms with van der Waals surface area (Å²) < 4.78 is 6.58. The molecular formula is C16H24BrClN2O2. The Kier molecular flexibility index (Phi) is 8.21. The Balaban J connectivity index is 0.00000242. The first-order valence-electron chi connectivity index (χ1n) is 7.48. The second-order valence-corrected chi connectivity index (χ2v) is 6.45. The van der Waals surface area contributed by atoms with Gasteiger partial charge in [-0.25, -0.2) is 0 Å². The molecule has 1 aliphatic heterocycles. The lowest BCUT2D eigenvalue weighted by atomic mass is 10.00. The fraction of sp³-hybridized carbons (Fsp3) is 0.562. The molecular weight excluding hydrogens is 368 g/mol. The zero-order valence-corrected chi connectivity index (χ0v) is 15.4. The van der Waals surface area contributed by atoms with Gasteiger partial charge in [-0.3, -0.25) is 4.79 Å². The minimum absolute atomic E-state index is 0. The van der Waals surface area contributed by atoms with Crippen molar-refractivity contribution in [2.45, 2.75) is 45.2 Å². The molecule has 2 N–H and O–H groups in total. The molecule has 1 saturated heterocycles. The average molecular weight is 392 g/mol. The molecule has 124 valence electrons. The van der Waals surface area contributed by atoms with E-state index < -0.39 is 0 Å². The Morgan fingerprint density at radius 2 is 2.27 bits per heavy atom. The van der Waals surface area contributed by atoms with Crippen molar-refractivity contribution in [1.29, 1.82) is 0 Å². The number of benzene rings is 1. The van der Waals surface area contributed by atoms with Crippen LogP contribution in [0.5, 0.6) is 5.75 Å². The Morgan fingerprint density at radius 3 is 2.95 bits per heavy atom. The normalized spacial score (nSPS) is 20.9. The first kappa shape index (κ1) is 19.3. The molecule has 4 nitrogen and oxygen atoms in total. The molecule has 0 aliphatic carbocycles. The fourth-order valence-corrected chi connectivity index (χ4v) is 3.10. The number of piperidine rings is 1. The van der Waals surface area contributed by atoms with Gasteiger partial charge in [-0.2, -0.15) is 0 Å². The maximum absolute atomic E-state index is 12.0. The highest BCUT2D eigenvalue weighted by molar-refractivity contribution is 9.10. The molecule has 0 radical (unpaired) electrons. The molecule has 2 rings (SSSR count). The van der Waals surface area contributed by atoms with Gasteiger partial charge >= 0.3 is 0 Å². The maximum Gasteiger partial charge on any atom is 0.223 e. The summed E-state index contributed by atoms with van der Waals surface area (Å²) in [6, 6.07) is 6.50. The van der Waals surface area contributed by atoms with E-state index in [0.29, 0.717) is 19.1 Å². The highest BCUT2D eigenvalue weighted by atomic mass is 79.9. The number of rotatable bonds is 5. The lowest BCUT2D eigenvalue weighted by Crippen LogP contribution is -2.52. The summed E-state index contributed by atoms with van der Waals surface area (Å²) in [7, 11) is 0. The van der Waals surface area contributed by atoms with E-state index in [4.69, 9.17) is 4.74 Å². The summed E-state index contributed by atoms with van der Waals surface area (Å²) >= 11 is 3.47. The van der Waals surface area contributed by atoms with Gasteiger partial charge in [0, 0.05) is 12.1 Å². The van der Waals surface area contributed by atoms with Gasteiger partial charge in [0.15, 0.2) is 0 Å². The molecule has 1 aromatic carbocycles. The van der Waals surface area contributed by atoms with E-state index in [1.807, 2.05) is 25.1 Å². The average Bonchev–Trinajstić information content (AvgIpc) is 2.44. The third kappa shape index (κ3) is 5.78. The molecule has 0 bridgehead atoms. The predicted molar refractivity (Wildman–Crippen MR) is 94.9 cm³/mol. The van der Waals surface area contributed by atoms with Crippen molar-refractivity contribution >= 4 is 34.2 Å². The zero-order valence-electron chi connectivity index (χ0n) is 13.0. The summed E-state index contributed by atoms with van der Waals surface area (Å²) in [6.45, 7) is 5.57. The molecule has 1 aromatic rings. The summed E-state index contributed by atoms with van der Waals surface area (Å²) in [4.78, 5) is 12.0. The Labute approximate surface area is 146 Å². The van der Waals surface area contributed by atoms with Gasteiger partial charge in [0.05, 0.1) is 17.5 Å². The molecule has 0 aromatic heterocycles. The van der Waals surface area contributed by atoms with Gasteiger partial charge in [-0.05, 0) is 66.9 Å². The number of amides is 1. The summed E-state index contributed by atoms with van der Waals surface area (Å²) in [5.41, 5.74) is 1.17. The smallest absolute Gasteiger partial charge is 0.223 e. The van der Waals surface area contributed by atoms with E-state index >= 15 is 0 Å². The van der Waals surface area contributed by atoms with Crippen molar-refractivity contribution in [2.24, 2.45) is 0 Å². The van der Waals surface area contributed by atoms with Crippen molar-refractivity contribution in [3.8, 4) is 5.75 Å². The van der Waals surface area contributed by atoms with Crippen LogP contribution >= 0.6 is 28.3 Å². The largest absolute Gasteiger partial charge is 0.492 e. The number of halogens is 2. The summed E-state index contributed by atoms with van der Waals surface area (Å²) in [6.07, 6.45) is 2.54. The molecule has 1 heterocycles. The number of aryl methyl sites for hydroxylation is 1. The number of carbonyl (C=O) groups is 1. The number of hydrogen-bond donors (Lipinski definition) is 2. The Morgan fingerprint density at radius 1 is 1.50 bits per heavy atom. The second kappa shape index (κ2) is 9.38. The van der Waals surface area contributed by atoms with Crippen molar-refractivity contribution < 1.29 is 9.53 Å². The molecule has 6 heteroatoms. The van der Waals surface area contributed by atoms with Crippen LogP contribution in [-0.2, 0) is 4.79 Å². The SMILES string of the molecule is Cc1ccc(OCCC(=O)NC2CCCNC2C)c(Br)c1.Cl. The summed E-state index contributed by atoms with van der Waals surface area (Å²) in [5, 5.41) is 6.47. The van der Waals surface area contributed by atoms with Crippen LogP contribution in [0.3, 0.4) is 0 Å². The molecule has 2 unspecified atom stereocenters. The van der Waals surface area contributed by atoms with Crippen LogP contribution in [0.25, 0.3) is 0 Å². The molecule has 0 saturated carbocycles. The standard InChI is InChI=1S/C16H23BrN2O2.ClH/c1-11-5-6-15(13(17)10-11)21-9-7-16(20)19-14-4-3-8-18-12(14)2;/h5-6,10,12,14,18H,3-4,7-9H2,1-2H3,(H,19,20);1H. The van der Waals surface area contributed by atoms with E-state index in [1.54, 1.807) is 0 Å². The van der Waals surface area contributed by atoms with Crippen molar-refractivity contribution in [2.75, 3.05) is 13.2 Å². The van der Waals surface area contributed by atoms with Crippen molar-refractivity contribution in [3.05, 3.63) is 28.2 Å². The second-order valence-electron chi connectivity index (χ2n) is 5.59. The van der Waals surface area contributed by atoms with Crippen LogP contribution in [0.1, 0.15) is 31.7 Å². The number of nitrogens with one attached hydrogen (secondary N) is 2. The van der Waals surface area contributed by atoms with Crippen LogP contribution in [0.4, 0.5) is 0 Å². The summed E-state index contributed by atoms with van der Waals surface area (Å²) in [5.74, 6) is 0.833. The van der Waals surface area contributed by atoms with Crippen LogP contribution in [0.15, 0.2) is 22.7 Å². The molecule has 2 atom stereocenters. The molecule has 1 aliphatic rings. The monoisotopic (exact) mass is 390 g/mol. The van der Waals surface area contributed by atoms with Crippen LogP contribution < -0.4 is 15.4 Å². The van der Waals surface area contributed by atoms with Crippen molar-refractivity contribution in [3.63, 3.8) is 0 Å². The topological polar surface area (TPSA) is 50.4 Å². The van der Waals surface area contributed by atoms with E-state index in [0.717, 1.165) is 29.6 Å². The maximum atomic E-state index is 12.0. The highest BCUT2D eigenvalue weighted by Crippen LogP contribution is 2.25. The minimum Gasteiger partial charge on any atom is -0.492 e. The first-order valence-corrected chi connectivity index (χ1v) is 8.27. The fourth-order valence-electron chi connectivity index (χ4n) is 2.50. The first-order chi connectivity index (χ1) is 10.1. The van der Waals surface area contributed by atoms with Crippen LogP contribution in [-0.4, -0.2) is 31.1 Å². The van der Waals surface area contributed by atoms with E-state index in [-0.39, 0.29) is 24.4 Å². The molecule has 1 amide bonds. The van der Waals surface area contributed by atoms with Gasteiger partial charge in [-0.15, -0.1) is 12.4 Å². The third-order valence-electron chi connectivity index (χ3n) is 3.78. The molecule has 22 heavy (non-hydrogen) atoms. The van der Waals surface area contributed by atoms with E-state index in [2.05, 4.69) is 33.5 Å². The predicted octanol–water partition coefficient (Wildman–Crippen LogP) is 3.20. The van der Waals surface area contributed by atoms with Crippen LogP contribution in [0, 0.1) is 6.92 Å². The third-order valence-corrected chi connectivity index (χ3v) is 4.40. The zero-order chi connectivity index (χ0) is 15.2. The Hall–Kier alpha value is -0.780. The highest BCUT2D eigenvalue weighted by Gasteiger charge is 2.22. The van der Waals surface area contributed by atoms with E-state index in [1.165, 1.54) is 5.56 Å². The number of carbonyl (C=O) groups excluding carboxylic acids is 1. The molecule has 1 fully saturated rings. The lowest BCUT2D eigenvalue weighted by molar-refractivity contribution is -0.122. The lowest BCUT2D eigenvalue weighted by Gasteiger charge is -2.30.